The van der Waals surface area contributed by atoms with E-state index in [2.05, 4.69) is 51.1 Å². The number of rotatable bonds is 4. The summed E-state index contributed by atoms with van der Waals surface area (Å²) in [5, 5.41) is 2.02. The van der Waals surface area contributed by atoms with E-state index in [0.717, 1.165) is 16.5 Å². The Balaban J connectivity index is 1.77. The van der Waals surface area contributed by atoms with E-state index in [1.807, 2.05) is 11.6 Å². The summed E-state index contributed by atoms with van der Waals surface area (Å²) in [4.78, 5) is 0. The summed E-state index contributed by atoms with van der Waals surface area (Å²) in [5.41, 5.74) is 8.09. The van der Waals surface area contributed by atoms with E-state index < -0.39 is 0 Å². The van der Waals surface area contributed by atoms with Crippen molar-refractivity contribution >= 4 is 10.8 Å². The van der Waals surface area contributed by atoms with Crippen molar-refractivity contribution in [3.05, 3.63) is 64.8 Å². The van der Waals surface area contributed by atoms with E-state index in [9.17, 15) is 0 Å². The lowest BCUT2D eigenvalue weighted by molar-refractivity contribution is -0.659. The second-order valence-electron chi connectivity index (χ2n) is 11.1. The lowest BCUT2D eigenvalue weighted by Crippen LogP contribution is -2.31. The highest BCUT2D eigenvalue weighted by Crippen LogP contribution is 2.42. The minimum Gasteiger partial charge on any atom is -0.200 e. The molecular weight excluding hydrogens is 398 g/mol. The number of aromatic nitrogens is 1. The molecule has 0 amide bonds. The van der Waals surface area contributed by atoms with Crippen LogP contribution in [0, 0.1) is 6.92 Å². The van der Waals surface area contributed by atoms with Gasteiger partial charge < -0.3 is 0 Å². The number of nitrogens with zero attached hydrogens (tertiary/aromatic N) is 1. The molecule has 0 radical (unpaired) electrons. The van der Waals surface area contributed by atoms with E-state index in [4.69, 9.17) is 2.74 Å². The highest BCUT2D eigenvalue weighted by atomic mass is 14.9. The summed E-state index contributed by atoms with van der Waals surface area (Å²) in [5.74, 6) is 1.71. The zero-order valence-corrected chi connectivity index (χ0v) is 21.1. The average Bonchev–Trinajstić information content (AvgIpc) is 2.89. The van der Waals surface area contributed by atoms with Gasteiger partial charge in [0.2, 0.25) is 5.69 Å². The number of pyridine rings is 1. The van der Waals surface area contributed by atoms with Crippen molar-refractivity contribution < 1.29 is 7.31 Å². The molecule has 0 bridgehead atoms. The van der Waals surface area contributed by atoms with Crippen molar-refractivity contribution in [2.75, 3.05) is 0 Å². The molecule has 0 spiro atoms. The molecule has 2 aliphatic carbocycles. The summed E-state index contributed by atoms with van der Waals surface area (Å²) in [6.07, 6.45) is 13.6. The lowest BCUT2D eigenvalue weighted by atomic mass is 9.76. The Bertz CT molecular complexity index is 1230. The largest absolute Gasteiger partial charge is 0.220 e. The Morgan fingerprint density at radius 1 is 0.879 bits per heavy atom. The molecule has 174 valence electrons. The third-order valence-electron chi connectivity index (χ3n) is 8.51. The molecule has 2 aliphatic rings. The van der Waals surface area contributed by atoms with E-state index in [1.165, 1.54) is 86.5 Å². The van der Waals surface area contributed by atoms with Crippen LogP contribution >= 0.6 is 0 Å². The van der Waals surface area contributed by atoms with Crippen LogP contribution < -0.4 is 4.57 Å². The third kappa shape index (κ3) is 4.48. The molecule has 0 N–H and O–H groups in total. The summed E-state index contributed by atoms with van der Waals surface area (Å²) >= 11 is 0. The zero-order chi connectivity index (χ0) is 24.7. The van der Waals surface area contributed by atoms with Gasteiger partial charge in [-0.15, -0.1) is 0 Å². The molecule has 0 unspecified atom stereocenters. The van der Waals surface area contributed by atoms with Crippen LogP contribution in [0.2, 0.25) is 0 Å². The molecule has 2 aromatic carbocycles. The van der Waals surface area contributed by atoms with Crippen LogP contribution in [-0.4, -0.2) is 0 Å². The van der Waals surface area contributed by atoms with Gasteiger partial charge in [-0.1, -0.05) is 70.6 Å². The lowest BCUT2D eigenvalue weighted by Gasteiger charge is -2.28. The fourth-order valence-corrected chi connectivity index (χ4v) is 6.45. The average molecular weight is 443 g/mol. The molecule has 0 saturated heterocycles. The first-order chi connectivity index (χ1) is 16.9. The predicted octanol–water partition coefficient (Wildman–Crippen LogP) is 8.86. The fourth-order valence-electron chi connectivity index (χ4n) is 6.45. The van der Waals surface area contributed by atoms with E-state index >= 15 is 0 Å². The molecule has 2 saturated carbocycles. The van der Waals surface area contributed by atoms with Crippen molar-refractivity contribution in [2.24, 2.45) is 7.05 Å². The molecule has 0 aliphatic heterocycles. The smallest absolute Gasteiger partial charge is 0.200 e. The zero-order valence-electron chi connectivity index (χ0n) is 23.1. The molecule has 2 fully saturated rings. The maximum absolute atomic E-state index is 8.84. The van der Waals surface area contributed by atoms with Crippen molar-refractivity contribution in [3.63, 3.8) is 0 Å². The summed E-state index contributed by atoms with van der Waals surface area (Å²) in [6.45, 7) is 6.71. The van der Waals surface area contributed by atoms with Crippen LogP contribution in [0.25, 0.3) is 22.0 Å². The van der Waals surface area contributed by atoms with Crippen LogP contribution in [0.5, 0.6) is 0 Å². The Labute approximate surface area is 204 Å². The molecule has 5 rings (SSSR count). The van der Waals surface area contributed by atoms with Crippen LogP contribution in [0.3, 0.4) is 0 Å². The van der Waals surface area contributed by atoms with Gasteiger partial charge in [0, 0.05) is 6.04 Å². The standard InChI is InChI=1S/C32H42N/c1-22(2)26-15-16-29-27(19-26)17-18-33(4)32(29)31-21-28(24-11-7-5-8-12-24)20-30(23(31)3)25-13-9-6-10-14-25/h15-22,24-25H,5-14H2,1-4H3/q+1/i17D,18D. The molecular formula is C32H42N+. The molecule has 1 aromatic heterocycles. The molecule has 33 heavy (non-hydrogen) atoms. The molecule has 1 heterocycles. The third-order valence-corrected chi connectivity index (χ3v) is 8.51. The van der Waals surface area contributed by atoms with Gasteiger partial charge in [-0.25, -0.2) is 4.57 Å². The van der Waals surface area contributed by atoms with Crippen LogP contribution in [0.4, 0.5) is 0 Å². The van der Waals surface area contributed by atoms with Gasteiger partial charge in [0.15, 0.2) is 6.17 Å². The highest BCUT2D eigenvalue weighted by molar-refractivity contribution is 5.94. The SMILES string of the molecule is [2H]c1c([2H])[n+](C)c(-c2cc(C3CCCCC3)cc(C3CCCCC3)c2C)c2ccc(C(C)C)cc12. The van der Waals surface area contributed by atoms with E-state index in [1.54, 1.807) is 5.56 Å². The van der Waals surface area contributed by atoms with Crippen LogP contribution in [0.1, 0.15) is 121 Å². The van der Waals surface area contributed by atoms with Crippen LogP contribution in [-0.2, 0) is 7.05 Å². The van der Waals surface area contributed by atoms with Gasteiger partial charge in [-0.05, 0) is 90.1 Å². The molecule has 0 atom stereocenters. The second-order valence-corrected chi connectivity index (χ2v) is 11.1. The van der Waals surface area contributed by atoms with Gasteiger partial charge in [0.1, 0.15) is 8.42 Å². The van der Waals surface area contributed by atoms with Gasteiger partial charge in [-0.3, -0.25) is 0 Å². The quantitative estimate of drug-likeness (QED) is 0.355. The normalized spacial score (nSPS) is 19.2. The van der Waals surface area contributed by atoms with E-state index in [0.29, 0.717) is 30.0 Å². The molecule has 1 nitrogen and oxygen atoms in total. The number of benzene rings is 2. The van der Waals surface area contributed by atoms with Gasteiger partial charge in [0.25, 0.3) is 0 Å². The predicted molar refractivity (Wildman–Crippen MR) is 141 cm³/mol. The second kappa shape index (κ2) is 9.61. The summed E-state index contributed by atoms with van der Waals surface area (Å²) < 4.78 is 19.6. The Kier molecular flexibility index (Phi) is 5.89. The van der Waals surface area contributed by atoms with Crippen molar-refractivity contribution in [1.82, 2.24) is 0 Å². The van der Waals surface area contributed by atoms with Gasteiger partial charge >= 0.3 is 0 Å². The summed E-state index contributed by atoms with van der Waals surface area (Å²) in [6, 6.07) is 12.0. The minimum absolute atomic E-state index is 0.301. The first-order valence-electron chi connectivity index (χ1n) is 14.4. The maximum atomic E-state index is 8.84. The monoisotopic (exact) mass is 442 g/mol. The van der Waals surface area contributed by atoms with Gasteiger partial charge in [0.05, 0.1) is 12.3 Å². The molecule has 3 aromatic rings. The Morgan fingerprint density at radius 2 is 1.55 bits per heavy atom. The first kappa shape index (κ1) is 20.2. The van der Waals surface area contributed by atoms with Crippen molar-refractivity contribution in [2.45, 2.75) is 103 Å². The van der Waals surface area contributed by atoms with Crippen molar-refractivity contribution in [3.8, 4) is 11.3 Å². The van der Waals surface area contributed by atoms with Gasteiger partial charge in [-0.2, -0.15) is 0 Å². The van der Waals surface area contributed by atoms with Crippen molar-refractivity contribution in [1.29, 1.82) is 0 Å². The minimum atomic E-state index is 0.301. The number of fused-ring (bicyclic) bond motifs is 1. The Hall–Kier alpha value is -2.15. The summed E-state index contributed by atoms with van der Waals surface area (Å²) in [7, 11) is 1.98. The topological polar surface area (TPSA) is 3.88 Å². The van der Waals surface area contributed by atoms with E-state index in [-0.39, 0.29) is 0 Å². The highest BCUT2D eigenvalue weighted by Gasteiger charge is 2.26. The maximum Gasteiger partial charge on any atom is 0.220 e. The molecule has 1 heteroatoms. The number of hydrogen-bond donors (Lipinski definition) is 0. The Morgan fingerprint density at radius 3 is 2.21 bits per heavy atom. The number of hydrogen-bond acceptors (Lipinski definition) is 0. The fraction of sp³-hybridized carbons (Fsp3) is 0.531. The first-order valence-corrected chi connectivity index (χ1v) is 13.4. The van der Waals surface area contributed by atoms with Crippen LogP contribution in [0.15, 0.2) is 42.5 Å².